The van der Waals surface area contributed by atoms with Crippen LogP contribution in [0.15, 0.2) is 36.5 Å². The quantitative estimate of drug-likeness (QED) is 0.849. The van der Waals surface area contributed by atoms with E-state index in [0.29, 0.717) is 5.69 Å². The van der Waals surface area contributed by atoms with E-state index < -0.39 is 0 Å². The molecule has 3 nitrogen and oxygen atoms in total. The molecule has 2 rings (SSSR count). The predicted octanol–water partition coefficient (Wildman–Crippen LogP) is 3.31. The summed E-state index contributed by atoms with van der Waals surface area (Å²) in [5.74, 6) is 0. The summed E-state index contributed by atoms with van der Waals surface area (Å²) in [5, 5.41) is 11.9. The highest BCUT2D eigenvalue weighted by molar-refractivity contribution is 5.60. The number of benzene rings is 1. The fourth-order valence-corrected chi connectivity index (χ4v) is 1.75. The van der Waals surface area contributed by atoms with Gasteiger partial charge < -0.3 is 5.32 Å². The smallest absolute Gasteiger partial charge is 0.140 e. The molecular formula is C14H13N3. The van der Waals surface area contributed by atoms with Gasteiger partial charge in [-0.05, 0) is 49.2 Å². The Morgan fingerprint density at radius 1 is 1.06 bits per heavy atom. The minimum absolute atomic E-state index is 0.427. The van der Waals surface area contributed by atoms with Crippen LogP contribution in [0.25, 0.3) is 0 Å². The number of aromatic nitrogens is 1. The van der Waals surface area contributed by atoms with E-state index >= 15 is 0 Å². The molecule has 0 atom stereocenters. The van der Waals surface area contributed by atoms with Gasteiger partial charge in [-0.1, -0.05) is 6.07 Å². The molecule has 0 spiro atoms. The molecule has 84 valence electrons. The molecule has 0 saturated carbocycles. The largest absolute Gasteiger partial charge is 0.354 e. The molecule has 0 bridgehead atoms. The third kappa shape index (κ3) is 2.82. The highest BCUT2D eigenvalue weighted by Crippen LogP contribution is 2.18. The molecule has 0 unspecified atom stereocenters. The normalized spacial score (nSPS) is 9.71. The number of nitrogens with one attached hydrogen (secondary N) is 1. The Bertz CT molecular complexity index is 545. The number of aryl methyl sites for hydroxylation is 2. The second-order valence-electron chi connectivity index (χ2n) is 4.05. The van der Waals surface area contributed by atoms with Crippen molar-refractivity contribution in [2.24, 2.45) is 0 Å². The first-order valence-corrected chi connectivity index (χ1v) is 5.39. The predicted molar refractivity (Wildman–Crippen MR) is 68.2 cm³/mol. The maximum Gasteiger partial charge on any atom is 0.140 e. The van der Waals surface area contributed by atoms with Gasteiger partial charge in [-0.15, -0.1) is 0 Å². The van der Waals surface area contributed by atoms with Crippen molar-refractivity contribution >= 4 is 11.4 Å². The molecule has 0 amide bonds. The highest BCUT2D eigenvalue weighted by Gasteiger charge is 1.98. The fourth-order valence-electron chi connectivity index (χ4n) is 1.75. The minimum atomic E-state index is 0.427. The zero-order valence-corrected chi connectivity index (χ0v) is 9.86. The summed E-state index contributed by atoms with van der Waals surface area (Å²) in [7, 11) is 0. The zero-order valence-electron chi connectivity index (χ0n) is 9.86. The molecule has 1 aromatic heterocycles. The Hall–Kier alpha value is -2.34. The van der Waals surface area contributed by atoms with Gasteiger partial charge in [-0.2, -0.15) is 5.26 Å². The number of nitrogens with zero attached hydrogens (tertiary/aromatic N) is 2. The molecule has 0 aliphatic rings. The van der Waals surface area contributed by atoms with Crippen LogP contribution in [0.5, 0.6) is 0 Å². The second kappa shape index (κ2) is 4.67. The molecule has 0 fully saturated rings. The number of anilines is 2. The summed E-state index contributed by atoms with van der Waals surface area (Å²) >= 11 is 0. The van der Waals surface area contributed by atoms with E-state index in [0.717, 1.165) is 11.4 Å². The number of pyridine rings is 1. The van der Waals surface area contributed by atoms with E-state index in [-0.39, 0.29) is 0 Å². The fraction of sp³-hybridized carbons (Fsp3) is 0.143. The minimum Gasteiger partial charge on any atom is -0.354 e. The third-order valence-electron chi connectivity index (χ3n) is 2.39. The van der Waals surface area contributed by atoms with Crippen LogP contribution in [0.4, 0.5) is 11.4 Å². The van der Waals surface area contributed by atoms with Crippen molar-refractivity contribution in [3.05, 3.63) is 53.3 Å². The summed E-state index contributed by atoms with van der Waals surface area (Å²) < 4.78 is 0. The van der Waals surface area contributed by atoms with Gasteiger partial charge in [0, 0.05) is 5.69 Å². The summed E-state index contributed by atoms with van der Waals surface area (Å²) in [5.41, 5.74) is 4.78. The lowest BCUT2D eigenvalue weighted by Crippen LogP contribution is -1.93. The van der Waals surface area contributed by atoms with E-state index in [1.807, 2.05) is 12.1 Å². The van der Waals surface area contributed by atoms with Crippen LogP contribution < -0.4 is 5.32 Å². The Labute approximate surface area is 101 Å². The first kappa shape index (κ1) is 11.2. The summed E-state index contributed by atoms with van der Waals surface area (Å²) in [6.45, 7) is 4.13. The lowest BCUT2D eigenvalue weighted by molar-refractivity contribution is 1.26. The molecule has 0 aliphatic carbocycles. The van der Waals surface area contributed by atoms with Crippen LogP contribution in [0.2, 0.25) is 0 Å². The first-order valence-electron chi connectivity index (χ1n) is 5.39. The van der Waals surface area contributed by atoms with Crippen molar-refractivity contribution in [3.63, 3.8) is 0 Å². The maximum absolute atomic E-state index is 8.66. The Morgan fingerprint density at radius 2 is 1.76 bits per heavy atom. The average molecular weight is 223 g/mol. The van der Waals surface area contributed by atoms with Gasteiger partial charge in [0.15, 0.2) is 0 Å². The molecule has 0 saturated heterocycles. The standard InChI is InChI=1S/C14H13N3/c1-10-5-11(2)7-14(6-10)17-13-4-3-12(8-15)16-9-13/h3-7,9,17H,1-2H3. The van der Waals surface area contributed by atoms with Gasteiger partial charge in [0.1, 0.15) is 11.8 Å². The van der Waals surface area contributed by atoms with Crippen molar-refractivity contribution in [2.75, 3.05) is 5.32 Å². The van der Waals surface area contributed by atoms with Gasteiger partial charge in [0.25, 0.3) is 0 Å². The van der Waals surface area contributed by atoms with Crippen LogP contribution in [-0.4, -0.2) is 4.98 Å². The van der Waals surface area contributed by atoms with E-state index in [1.54, 1.807) is 12.3 Å². The Balaban J connectivity index is 2.22. The number of hydrogen-bond donors (Lipinski definition) is 1. The van der Waals surface area contributed by atoms with Crippen molar-refractivity contribution in [1.29, 1.82) is 5.26 Å². The molecule has 1 aromatic carbocycles. The van der Waals surface area contributed by atoms with Crippen LogP contribution in [-0.2, 0) is 0 Å². The van der Waals surface area contributed by atoms with E-state index in [2.05, 4.69) is 42.3 Å². The Morgan fingerprint density at radius 3 is 2.29 bits per heavy atom. The van der Waals surface area contributed by atoms with E-state index in [4.69, 9.17) is 5.26 Å². The number of hydrogen-bond acceptors (Lipinski definition) is 3. The van der Waals surface area contributed by atoms with Crippen LogP contribution in [0.1, 0.15) is 16.8 Å². The summed E-state index contributed by atoms with van der Waals surface area (Å²) in [6, 6.07) is 11.8. The van der Waals surface area contributed by atoms with Gasteiger partial charge in [0.2, 0.25) is 0 Å². The van der Waals surface area contributed by atoms with Gasteiger partial charge in [0.05, 0.1) is 11.9 Å². The molecule has 3 heteroatoms. The van der Waals surface area contributed by atoms with Gasteiger partial charge in [-0.3, -0.25) is 0 Å². The second-order valence-corrected chi connectivity index (χ2v) is 4.05. The van der Waals surface area contributed by atoms with E-state index in [1.165, 1.54) is 11.1 Å². The third-order valence-corrected chi connectivity index (χ3v) is 2.39. The van der Waals surface area contributed by atoms with Crippen LogP contribution in [0.3, 0.4) is 0 Å². The topological polar surface area (TPSA) is 48.7 Å². The average Bonchev–Trinajstić information content (AvgIpc) is 2.28. The SMILES string of the molecule is Cc1cc(C)cc(Nc2ccc(C#N)nc2)c1. The monoisotopic (exact) mass is 223 g/mol. The van der Waals surface area contributed by atoms with Gasteiger partial charge in [-0.25, -0.2) is 4.98 Å². The molecule has 1 heterocycles. The first-order chi connectivity index (χ1) is 8.17. The van der Waals surface area contributed by atoms with Crippen LogP contribution >= 0.6 is 0 Å². The molecule has 2 aromatic rings. The zero-order chi connectivity index (χ0) is 12.3. The number of nitriles is 1. The molecule has 0 aliphatic heterocycles. The van der Waals surface area contributed by atoms with Crippen molar-refractivity contribution in [1.82, 2.24) is 4.98 Å². The number of rotatable bonds is 2. The Kier molecular flexibility index (Phi) is 3.06. The van der Waals surface area contributed by atoms with Crippen molar-refractivity contribution in [3.8, 4) is 6.07 Å². The maximum atomic E-state index is 8.66. The highest BCUT2D eigenvalue weighted by atomic mass is 14.9. The lowest BCUT2D eigenvalue weighted by atomic mass is 10.1. The van der Waals surface area contributed by atoms with Crippen molar-refractivity contribution < 1.29 is 0 Å². The molecular weight excluding hydrogens is 210 g/mol. The molecule has 0 radical (unpaired) electrons. The molecule has 1 N–H and O–H groups in total. The van der Waals surface area contributed by atoms with Gasteiger partial charge >= 0.3 is 0 Å². The lowest BCUT2D eigenvalue weighted by Gasteiger charge is -2.08. The van der Waals surface area contributed by atoms with E-state index in [9.17, 15) is 0 Å². The summed E-state index contributed by atoms with van der Waals surface area (Å²) in [6.07, 6.45) is 1.66. The molecule has 17 heavy (non-hydrogen) atoms. The summed E-state index contributed by atoms with van der Waals surface area (Å²) in [4.78, 5) is 4.01. The van der Waals surface area contributed by atoms with Crippen LogP contribution in [0, 0.1) is 25.2 Å². The van der Waals surface area contributed by atoms with Crippen molar-refractivity contribution in [2.45, 2.75) is 13.8 Å².